The minimum Gasteiger partial charge on any atom is -0.504 e. The van der Waals surface area contributed by atoms with Crippen LogP contribution in [0.25, 0.3) is 11.3 Å². The first-order valence-electron chi connectivity index (χ1n) is 5.83. The van der Waals surface area contributed by atoms with Gasteiger partial charge in [-0.15, -0.1) is 0 Å². The fourth-order valence-electron chi connectivity index (χ4n) is 1.82. The van der Waals surface area contributed by atoms with Crippen molar-refractivity contribution in [2.75, 3.05) is 0 Å². The summed E-state index contributed by atoms with van der Waals surface area (Å²) in [7, 11) is 1.83. The Morgan fingerprint density at radius 2 is 1.76 bits per heavy atom. The normalized spacial score (nSPS) is 11.1. The molecule has 90 valence electrons. The second kappa shape index (κ2) is 4.24. The van der Waals surface area contributed by atoms with Gasteiger partial charge >= 0.3 is 0 Å². The largest absolute Gasteiger partial charge is 0.504 e. The summed E-state index contributed by atoms with van der Waals surface area (Å²) in [5.41, 5.74) is 3.68. The van der Waals surface area contributed by atoms with E-state index in [2.05, 4.69) is 31.1 Å². The van der Waals surface area contributed by atoms with E-state index in [-0.39, 0.29) is 5.75 Å². The molecule has 1 heterocycles. The Bertz CT molecular complexity index is 524. The number of aromatic hydroxyl groups is 1. The van der Waals surface area contributed by atoms with E-state index in [9.17, 15) is 5.11 Å². The van der Waals surface area contributed by atoms with Crippen LogP contribution in [0.3, 0.4) is 0 Å². The molecule has 0 bridgehead atoms. The number of nitrogens with zero attached hydrogens (tertiary/aromatic N) is 2. The lowest BCUT2D eigenvalue weighted by molar-refractivity contribution is 0.471. The van der Waals surface area contributed by atoms with Crippen molar-refractivity contribution in [2.45, 2.75) is 26.7 Å². The Kier molecular flexibility index (Phi) is 2.92. The molecule has 1 aromatic heterocycles. The van der Waals surface area contributed by atoms with E-state index in [4.69, 9.17) is 0 Å². The molecule has 0 aliphatic heterocycles. The van der Waals surface area contributed by atoms with Crippen molar-refractivity contribution in [3.05, 3.63) is 35.5 Å². The quantitative estimate of drug-likeness (QED) is 0.860. The van der Waals surface area contributed by atoms with E-state index in [1.807, 2.05) is 26.1 Å². The molecule has 0 atom stereocenters. The number of hydrogen-bond acceptors (Lipinski definition) is 2. The van der Waals surface area contributed by atoms with Gasteiger partial charge in [0, 0.05) is 12.6 Å². The molecule has 2 rings (SSSR count). The van der Waals surface area contributed by atoms with Crippen molar-refractivity contribution in [3.63, 3.8) is 0 Å². The second-order valence-corrected chi connectivity index (χ2v) is 4.68. The lowest BCUT2D eigenvalue weighted by Crippen LogP contribution is -1.92. The van der Waals surface area contributed by atoms with Crippen molar-refractivity contribution in [2.24, 2.45) is 7.05 Å². The SMILES string of the molecule is Cc1c(O)c(-c2ccc(C(C)C)cc2)nn1C. The van der Waals surface area contributed by atoms with Gasteiger partial charge in [-0.25, -0.2) is 0 Å². The van der Waals surface area contributed by atoms with Crippen molar-refractivity contribution in [1.82, 2.24) is 9.78 Å². The summed E-state index contributed by atoms with van der Waals surface area (Å²) < 4.78 is 1.70. The Balaban J connectivity index is 2.43. The number of benzene rings is 1. The standard InChI is InChI=1S/C14H18N2O/c1-9(2)11-5-7-12(8-6-11)13-14(17)10(3)16(4)15-13/h5-9,17H,1-4H3. The second-order valence-electron chi connectivity index (χ2n) is 4.68. The topological polar surface area (TPSA) is 38.1 Å². The van der Waals surface area contributed by atoms with Crippen LogP contribution in [0.2, 0.25) is 0 Å². The van der Waals surface area contributed by atoms with Gasteiger partial charge in [0.15, 0.2) is 5.75 Å². The highest BCUT2D eigenvalue weighted by molar-refractivity contribution is 5.67. The van der Waals surface area contributed by atoms with Gasteiger partial charge in [-0.2, -0.15) is 5.10 Å². The maximum absolute atomic E-state index is 9.97. The van der Waals surface area contributed by atoms with Gasteiger partial charge in [0.1, 0.15) is 5.69 Å². The molecule has 0 radical (unpaired) electrons. The van der Waals surface area contributed by atoms with Gasteiger partial charge < -0.3 is 5.11 Å². The molecule has 3 nitrogen and oxygen atoms in total. The highest BCUT2D eigenvalue weighted by atomic mass is 16.3. The summed E-state index contributed by atoms with van der Waals surface area (Å²) in [5.74, 6) is 0.785. The zero-order valence-corrected chi connectivity index (χ0v) is 10.7. The first-order valence-corrected chi connectivity index (χ1v) is 5.83. The molecule has 0 aliphatic rings. The van der Waals surface area contributed by atoms with Crippen molar-refractivity contribution < 1.29 is 5.11 Å². The number of aromatic nitrogens is 2. The molecule has 0 spiro atoms. The fourth-order valence-corrected chi connectivity index (χ4v) is 1.82. The third-order valence-electron chi connectivity index (χ3n) is 3.15. The van der Waals surface area contributed by atoms with E-state index >= 15 is 0 Å². The summed E-state index contributed by atoms with van der Waals surface area (Å²) in [6.07, 6.45) is 0. The van der Waals surface area contributed by atoms with E-state index in [1.54, 1.807) is 4.68 Å². The smallest absolute Gasteiger partial charge is 0.164 e. The summed E-state index contributed by atoms with van der Waals surface area (Å²) in [5, 5.41) is 14.3. The van der Waals surface area contributed by atoms with Gasteiger partial charge in [-0.05, 0) is 18.4 Å². The fraction of sp³-hybridized carbons (Fsp3) is 0.357. The Morgan fingerprint density at radius 1 is 1.18 bits per heavy atom. The molecule has 0 aliphatic carbocycles. The Labute approximate surface area is 102 Å². The summed E-state index contributed by atoms with van der Waals surface area (Å²) in [4.78, 5) is 0. The predicted molar refractivity (Wildman–Crippen MR) is 69.1 cm³/mol. The van der Waals surface area contributed by atoms with Crippen molar-refractivity contribution >= 4 is 0 Å². The molecule has 1 aromatic carbocycles. The first kappa shape index (κ1) is 11.7. The van der Waals surface area contributed by atoms with Gasteiger partial charge in [-0.3, -0.25) is 4.68 Å². The minimum atomic E-state index is 0.268. The molecule has 0 fully saturated rings. The Morgan fingerprint density at radius 3 is 2.18 bits per heavy atom. The van der Waals surface area contributed by atoms with Crippen molar-refractivity contribution in [1.29, 1.82) is 0 Å². The van der Waals surface area contributed by atoms with E-state index in [1.165, 1.54) is 5.56 Å². The van der Waals surface area contributed by atoms with Gasteiger partial charge in [0.25, 0.3) is 0 Å². The molecule has 17 heavy (non-hydrogen) atoms. The molecule has 0 saturated heterocycles. The van der Waals surface area contributed by atoms with E-state index in [0.29, 0.717) is 11.6 Å². The van der Waals surface area contributed by atoms with Crippen LogP contribution in [0.4, 0.5) is 0 Å². The van der Waals surface area contributed by atoms with E-state index < -0.39 is 0 Å². The monoisotopic (exact) mass is 230 g/mol. The predicted octanol–water partition coefficient (Wildman–Crippen LogP) is 3.22. The lowest BCUT2D eigenvalue weighted by Gasteiger charge is -2.05. The molecule has 0 unspecified atom stereocenters. The van der Waals surface area contributed by atoms with Crippen LogP contribution in [-0.2, 0) is 7.05 Å². The maximum Gasteiger partial charge on any atom is 0.164 e. The minimum absolute atomic E-state index is 0.268. The molecule has 2 aromatic rings. The van der Waals surface area contributed by atoms with Crippen LogP contribution in [0.5, 0.6) is 5.75 Å². The van der Waals surface area contributed by atoms with Crippen molar-refractivity contribution in [3.8, 4) is 17.0 Å². The average Bonchev–Trinajstić information content (AvgIpc) is 2.57. The van der Waals surface area contributed by atoms with Crippen LogP contribution < -0.4 is 0 Å². The zero-order chi connectivity index (χ0) is 12.6. The third-order valence-corrected chi connectivity index (χ3v) is 3.15. The van der Waals surface area contributed by atoms with Gasteiger partial charge in [-0.1, -0.05) is 38.1 Å². The average molecular weight is 230 g/mol. The summed E-state index contributed by atoms with van der Waals surface area (Å²) >= 11 is 0. The van der Waals surface area contributed by atoms with Crippen LogP contribution in [0.15, 0.2) is 24.3 Å². The molecular formula is C14H18N2O. The number of aryl methyl sites for hydroxylation is 1. The molecule has 3 heteroatoms. The third kappa shape index (κ3) is 2.05. The lowest BCUT2D eigenvalue weighted by atomic mass is 10.0. The molecule has 0 amide bonds. The zero-order valence-electron chi connectivity index (χ0n) is 10.7. The number of rotatable bonds is 2. The first-order chi connectivity index (χ1) is 8.00. The highest BCUT2D eigenvalue weighted by Crippen LogP contribution is 2.31. The molecule has 1 N–H and O–H groups in total. The highest BCUT2D eigenvalue weighted by Gasteiger charge is 2.13. The van der Waals surface area contributed by atoms with Crippen LogP contribution >= 0.6 is 0 Å². The molecular weight excluding hydrogens is 212 g/mol. The van der Waals surface area contributed by atoms with Gasteiger partial charge in [0.2, 0.25) is 0 Å². The van der Waals surface area contributed by atoms with Crippen LogP contribution in [-0.4, -0.2) is 14.9 Å². The van der Waals surface area contributed by atoms with E-state index in [0.717, 1.165) is 11.3 Å². The summed E-state index contributed by atoms with van der Waals surface area (Å²) in [6, 6.07) is 8.20. The summed E-state index contributed by atoms with van der Waals surface area (Å²) in [6.45, 7) is 6.18. The maximum atomic E-state index is 9.97. The number of hydrogen-bond donors (Lipinski definition) is 1. The molecule has 0 saturated carbocycles. The Hall–Kier alpha value is -1.77. The van der Waals surface area contributed by atoms with Gasteiger partial charge in [0.05, 0.1) is 5.69 Å². The van der Waals surface area contributed by atoms with Crippen LogP contribution in [0, 0.1) is 6.92 Å². The van der Waals surface area contributed by atoms with Crippen LogP contribution in [0.1, 0.15) is 31.0 Å².